The Balaban J connectivity index is 2.33. The molecule has 0 aliphatic heterocycles. The molecule has 0 radical (unpaired) electrons. The van der Waals surface area contributed by atoms with Crippen molar-refractivity contribution in [3.05, 3.63) is 0 Å². The number of nitrogens with zero attached hydrogens (tertiary/aromatic N) is 1. The van der Waals surface area contributed by atoms with Crippen LogP contribution < -0.4 is 5.73 Å². The molecule has 15 heavy (non-hydrogen) atoms. The van der Waals surface area contributed by atoms with E-state index < -0.39 is 0 Å². The average Bonchev–Trinajstić information content (AvgIpc) is 2.21. The summed E-state index contributed by atoms with van der Waals surface area (Å²) in [6.07, 6.45) is 6.42. The van der Waals surface area contributed by atoms with Crippen LogP contribution in [0.15, 0.2) is 5.16 Å². The zero-order chi connectivity index (χ0) is 11.3. The topological polar surface area (TPSA) is 47.6 Å². The summed E-state index contributed by atoms with van der Waals surface area (Å²) in [6.45, 7) is 6.35. The first-order chi connectivity index (χ1) is 7.07. The molecule has 1 aliphatic rings. The van der Waals surface area contributed by atoms with E-state index >= 15 is 0 Å². The number of rotatable bonds is 4. The third-order valence-electron chi connectivity index (χ3n) is 3.22. The molecule has 1 fully saturated rings. The summed E-state index contributed by atoms with van der Waals surface area (Å²) in [4.78, 5) is 5.55. The maximum Gasteiger partial charge on any atom is 0.127 e. The van der Waals surface area contributed by atoms with Crippen molar-refractivity contribution in [3.8, 4) is 0 Å². The van der Waals surface area contributed by atoms with Gasteiger partial charge in [0.2, 0.25) is 0 Å². The Kier molecular flexibility index (Phi) is 4.58. The summed E-state index contributed by atoms with van der Waals surface area (Å²) in [5.74, 6) is 0. The van der Waals surface area contributed by atoms with Gasteiger partial charge in [-0.3, -0.25) is 0 Å². The van der Waals surface area contributed by atoms with Crippen LogP contribution in [-0.2, 0) is 4.84 Å². The summed E-state index contributed by atoms with van der Waals surface area (Å²) in [6, 6.07) is 0. The van der Waals surface area contributed by atoms with Gasteiger partial charge in [0.15, 0.2) is 0 Å². The fourth-order valence-electron chi connectivity index (χ4n) is 1.88. The largest absolute Gasteiger partial charge is 0.393 e. The highest BCUT2D eigenvalue weighted by atomic mass is 16.6. The van der Waals surface area contributed by atoms with Crippen molar-refractivity contribution in [2.24, 2.45) is 10.9 Å². The Hall–Kier alpha value is -0.570. The van der Waals surface area contributed by atoms with Crippen LogP contribution in [0.5, 0.6) is 0 Å². The van der Waals surface area contributed by atoms with Gasteiger partial charge in [-0.2, -0.15) is 0 Å². The highest BCUT2D eigenvalue weighted by Gasteiger charge is 2.28. The normalized spacial score (nSPS) is 31.1. The van der Waals surface area contributed by atoms with Gasteiger partial charge in [-0.25, -0.2) is 0 Å². The van der Waals surface area contributed by atoms with E-state index in [2.05, 4.69) is 25.9 Å². The number of nitrogens with two attached hydrogens (primary N) is 1. The molecule has 0 amide bonds. The Labute approximate surface area is 93.1 Å². The molecule has 0 aromatic carbocycles. The number of oxime groups is 1. The third kappa shape index (κ3) is 4.20. The van der Waals surface area contributed by atoms with E-state index in [1.165, 1.54) is 0 Å². The van der Waals surface area contributed by atoms with Gasteiger partial charge in [-0.15, -0.1) is 0 Å². The van der Waals surface area contributed by atoms with Gasteiger partial charge in [-0.05, 0) is 45.4 Å². The minimum Gasteiger partial charge on any atom is -0.393 e. The molecular weight excluding hydrogens is 188 g/mol. The van der Waals surface area contributed by atoms with E-state index in [9.17, 15) is 0 Å². The van der Waals surface area contributed by atoms with Crippen molar-refractivity contribution < 1.29 is 4.84 Å². The lowest BCUT2D eigenvalue weighted by Crippen LogP contribution is -2.41. The minimum atomic E-state index is 0.0158. The van der Waals surface area contributed by atoms with Crippen LogP contribution in [-0.4, -0.2) is 17.4 Å². The lowest BCUT2D eigenvalue weighted by Gasteiger charge is -2.32. The molecule has 1 saturated carbocycles. The van der Waals surface area contributed by atoms with Crippen molar-refractivity contribution in [1.82, 2.24) is 0 Å². The standard InChI is InChI=1S/C12H24N2O/c1-4-10(5-2)14-15-11-6-8-12(3,13)9-7-11/h11H,4-9,13H2,1-3H3. The first kappa shape index (κ1) is 12.5. The molecule has 0 heterocycles. The van der Waals surface area contributed by atoms with E-state index in [0.717, 1.165) is 44.2 Å². The first-order valence-electron chi connectivity index (χ1n) is 6.08. The second kappa shape index (κ2) is 5.50. The Morgan fingerprint density at radius 1 is 1.33 bits per heavy atom. The van der Waals surface area contributed by atoms with Crippen molar-refractivity contribution in [2.75, 3.05) is 0 Å². The van der Waals surface area contributed by atoms with E-state index in [1.807, 2.05) is 0 Å². The second-order valence-electron chi connectivity index (χ2n) is 4.82. The van der Waals surface area contributed by atoms with Gasteiger partial charge < -0.3 is 10.6 Å². The quantitative estimate of drug-likeness (QED) is 0.575. The predicted octanol–water partition coefficient (Wildman–Crippen LogP) is 2.84. The molecule has 0 unspecified atom stereocenters. The van der Waals surface area contributed by atoms with Crippen molar-refractivity contribution in [1.29, 1.82) is 0 Å². The Bertz CT molecular complexity index is 208. The highest BCUT2D eigenvalue weighted by Crippen LogP contribution is 2.27. The minimum absolute atomic E-state index is 0.0158. The molecule has 1 aliphatic carbocycles. The summed E-state index contributed by atoms with van der Waals surface area (Å²) in [7, 11) is 0. The average molecular weight is 212 g/mol. The lowest BCUT2D eigenvalue weighted by atomic mass is 9.83. The van der Waals surface area contributed by atoms with Crippen LogP contribution in [0.1, 0.15) is 59.3 Å². The molecule has 0 atom stereocenters. The van der Waals surface area contributed by atoms with Crippen LogP contribution in [0.2, 0.25) is 0 Å². The van der Waals surface area contributed by atoms with Crippen LogP contribution in [0, 0.1) is 0 Å². The van der Waals surface area contributed by atoms with Crippen LogP contribution >= 0.6 is 0 Å². The number of hydrogen-bond donors (Lipinski definition) is 1. The maximum atomic E-state index is 6.06. The molecular formula is C12H24N2O. The van der Waals surface area contributed by atoms with E-state index in [-0.39, 0.29) is 11.6 Å². The van der Waals surface area contributed by atoms with Crippen LogP contribution in [0.4, 0.5) is 0 Å². The summed E-state index contributed by atoms with van der Waals surface area (Å²) in [5.41, 5.74) is 7.22. The van der Waals surface area contributed by atoms with Gasteiger partial charge in [0, 0.05) is 5.54 Å². The monoisotopic (exact) mass is 212 g/mol. The molecule has 2 N–H and O–H groups in total. The van der Waals surface area contributed by atoms with Crippen LogP contribution in [0.3, 0.4) is 0 Å². The Morgan fingerprint density at radius 2 is 1.87 bits per heavy atom. The Morgan fingerprint density at radius 3 is 2.33 bits per heavy atom. The van der Waals surface area contributed by atoms with E-state index in [1.54, 1.807) is 0 Å². The van der Waals surface area contributed by atoms with Gasteiger partial charge in [0.25, 0.3) is 0 Å². The maximum absolute atomic E-state index is 6.06. The summed E-state index contributed by atoms with van der Waals surface area (Å²) >= 11 is 0. The molecule has 0 bridgehead atoms. The summed E-state index contributed by atoms with van der Waals surface area (Å²) in [5, 5.41) is 4.21. The molecule has 0 saturated heterocycles. The van der Waals surface area contributed by atoms with Crippen LogP contribution in [0.25, 0.3) is 0 Å². The SMILES string of the molecule is CCC(CC)=NOC1CCC(C)(N)CC1. The van der Waals surface area contributed by atoms with Gasteiger partial charge in [0.05, 0.1) is 5.71 Å². The van der Waals surface area contributed by atoms with Crippen molar-refractivity contribution in [3.63, 3.8) is 0 Å². The lowest BCUT2D eigenvalue weighted by molar-refractivity contribution is 0.0187. The van der Waals surface area contributed by atoms with Crippen molar-refractivity contribution >= 4 is 5.71 Å². The zero-order valence-corrected chi connectivity index (χ0v) is 10.3. The molecule has 1 rings (SSSR count). The number of hydrogen-bond acceptors (Lipinski definition) is 3. The summed E-state index contributed by atoms with van der Waals surface area (Å²) < 4.78 is 0. The molecule has 3 heteroatoms. The molecule has 3 nitrogen and oxygen atoms in total. The first-order valence-corrected chi connectivity index (χ1v) is 6.08. The fraction of sp³-hybridized carbons (Fsp3) is 0.917. The third-order valence-corrected chi connectivity index (χ3v) is 3.22. The molecule has 0 aromatic rings. The van der Waals surface area contributed by atoms with E-state index in [4.69, 9.17) is 10.6 Å². The highest BCUT2D eigenvalue weighted by molar-refractivity contribution is 5.83. The van der Waals surface area contributed by atoms with E-state index in [0.29, 0.717) is 0 Å². The van der Waals surface area contributed by atoms with Crippen molar-refractivity contribution in [2.45, 2.75) is 70.9 Å². The van der Waals surface area contributed by atoms with Gasteiger partial charge in [-0.1, -0.05) is 19.0 Å². The molecule has 0 aromatic heterocycles. The smallest absolute Gasteiger partial charge is 0.127 e. The predicted molar refractivity (Wildman–Crippen MR) is 64.0 cm³/mol. The zero-order valence-electron chi connectivity index (χ0n) is 10.3. The molecule has 0 spiro atoms. The van der Waals surface area contributed by atoms with Gasteiger partial charge in [0.1, 0.15) is 6.10 Å². The molecule has 88 valence electrons. The second-order valence-corrected chi connectivity index (χ2v) is 4.82. The van der Waals surface area contributed by atoms with Gasteiger partial charge >= 0.3 is 0 Å². The fourth-order valence-corrected chi connectivity index (χ4v) is 1.88.